The van der Waals surface area contributed by atoms with Gasteiger partial charge in [0.2, 0.25) is 26.2 Å². The van der Waals surface area contributed by atoms with E-state index < -0.39 is 46.2 Å². The average Bonchev–Trinajstić information content (AvgIpc) is 3.10. The van der Waals surface area contributed by atoms with Crippen LogP contribution < -0.4 is 10.0 Å². The number of alkyl halides is 3. The maximum atomic E-state index is 13.2. The normalized spacial score (nSPS) is 29.7. The van der Waals surface area contributed by atoms with Crippen molar-refractivity contribution in [2.45, 2.75) is 31.2 Å². The van der Waals surface area contributed by atoms with Gasteiger partial charge in [-0.05, 0) is 12.8 Å². The zero-order chi connectivity index (χ0) is 17.7. The van der Waals surface area contributed by atoms with Gasteiger partial charge in [0.05, 0.1) is 30.3 Å². The minimum absolute atomic E-state index is 0.0881. The molecule has 134 valence electrons. The number of nitrogens with one attached hydrogen (secondary N) is 2. The maximum absolute atomic E-state index is 13.2. The van der Waals surface area contributed by atoms with Crippen LogP contribution >= 0.6 is 11.3 Å². The second kappa shape index (κ2) is 5.81. The number of sulfonamides is 1. The van der Waals surface area contributed by atoms with Gasteiger partial charge in [0.25, 0.3) is 0 Å². The quantitative estimate of drug-likeness (QED) is 0.805. The van der Waals surface area contributed by atoms with Crippen LogP contribution in [-0.4, -0.2) is 49.2 Å². The third-order valence-corrected chi connectivity index (χ3v) is 5.33. The highest BCUT2D eigenvalue weighted by molar-refractivity contribution is 7.92. The summed E-state index contributed by atoms with van der Waals surface area (Å²) in [5.41, 5.74) is 0. The predicted molar refractivity (Wildman–Crippen MR) is 77.9 cm³/mol. The lowest BCUT2D eigenvalue weighted by atomic mass is 9.78. The molecule has 13 heteroatoms. The molecule has 0 saturated carbocycles. The Morgan fingerprint density at radius 1 is 1.25 bits per heavy atom. The van der Waals surface area contributed by atoms with Gasteiger partial charge in [-0.2, -0.15) is 13.2 Å². The highest BCUT2D eigenvalue weighted by Crippen LogP contribution is 2.50. The number of hydrogen-bond donors (Lipinski definition) is 2. The molecule has 0 radical (unpaired) electrons. The van der Waals surface area contributed by atoms with E-state index in [4.69, 9.17) is 4.74 Å². The van der Waals surface area contributed by atoms with Crippen molar-refractivity contribution < 1.29 is 31.1 Å². The Bertz CT molecular complexity index is 751. The molecule has 0 spiro atoms. The molecule has 0 aromatic carbocycles. The van der Waals surface area contributed by atoms with Crippen LogP contribution in [0.2, 0.25) is 0 Å². The third kappa shape index (κ3) is 3.47. The predicted octanol–water partition coefficient (Wildman–Crippen LogP) is 1.20. The number of carbonyl (C=O) groups is 1. The summed E-state index contributed by atoms with van der Waals surface area (Å²) >= 11 is 0.709. The van der Waals surface area contributed by atoms with Gasteiger partial charge in [-0.25, -0.2) is 8.42 Å². The number of fused-ring (bicyclic) bond motifs is 2. The van der Waals surface area contributed by atoms with E-state index in [1.807, 2.05) is 0 Å². The van der Waals surface area contributed by atoms with Crippen LogP contribution in [0.25, 0.3) is 0 Å². The van der Waals surface area contributed by atoms with Crippen molar-refractivity contribution in [2.24, 2.45) is 11.8 Å². The Balaban J connectivity index is 1.73. The molecular weight excluding hydrogens is 373 g/mol. The van der Waals surface area contributed by atoms with Gasteiger partial charge in [-0.15, -0.1) is 10.2 Å². The molecule has 2 bridgehead atoms. The van der Waals surface area contributed by atoms with Crippen molar-refractivity contribution in [1.82, 2.24) is 10.2 Å². The Kier molecular flexibility index (Phi) is 4.20. The lowest BCUT2D eigenvalue weighted by molar-refractivity contribution is -0.196. The molecular formula is C11H13F3N4O4S2. The minimum Gasteiger partial charge on any atom is -0.373 e. The SMILES string of the molecule is CS(=O)(=O)Nc1nnc(NC(=O)C2C3CCC(O3)C2C(F)(F)F)s1. The molecule has 3 heterocycles. The number of halogens is 3. The summed E-state index contributed by atoms with van der Waals surface area (Å²) in [6.07, 6.45) is -4.73. The highest BCUT2D eigenvalue weighted by Gasteiger charge is 2.62. The van der Waals surface area contributed by atoms with Crippen LogP contribution in [0.5, 0.6) is 0 Å². The van der Waals surface area contributed by atoms with Gasteiger partial charge in [0.1, 0.15) is 0 Å². The lowest BCUT2D eigenvalue weighted by Gasteiger charge is -2.28. The summed E-state index contributed by atoms with van der Waals surface area (Å²) in [7, 11) is -3.57. The molecule has 2 aliphatic heterocycles. The number of hydrogen-bond acceptors (Lipinski definition) is 7. The number of anilines is 2. The first-order chi connectivity index (χ1) is 11.0. The van der Waals surface area contributed by atoms with E-state index in [9.17, 15) is 26.4 Å². The first kappa shape index (κ1) is 17.4. The molecule has 2 fully saturated rings. The number of ether oxygens (including phenoxy) is 1. The van der Waals surface area contributed by atoms with Crippen molar-refractivity contribution in [3.05, 3.63) is 0 Å². The van der Waals surface area contributed by atoms with Gasteiger partial charge >= 0.3 is 6.18 Å². The van der Waals surface area contributed by atoms with Gasteiger partial charge in [0.15, 0.2) is 0 Å². The van der Waals surface area contributed by atoms with E-state index in [0.29, 0.717) is 17.8 Å². The maximum Gasteiger partial charge on any atom is 0.395 e. The fraction of sp³-hybridized carbons (Fsp3) is 0.727. The van der Waals surface area contributed by atoms with Crippen molar-refractivity contribution in [2.75, 3.05) is 16.3 Å². The van der Waals surface area contributed by atoms with Gasteiger partial charge < -0.3 is 10.1 Å². The van der Waals surface area contributed by atoms with Crippen LogP contribution in [0, 0.1) is 11.8 Å². The van der Waals surface area contributed by atoms with Gasteiger partial charge in [-0.3, -0.25) is 9.52 Å². The molecule has 1 amide bonds. The summed E-state index contributed by atoms with van der Waals surface area (Å²) in [5, 5.41) is 9.14. The molecule has 4 unspecified atom stereocenters. The summed E-state index contributed by atoms with van der Waals surface area (Å²) < 4.78 is 69.1. The van der Waals surface area contributed by atoms with Crippen LogP contribution in [0.3, 0.4) is 0 Å². The van der Waals surface area contributed by atoms with Gasteiger partial charge in [0, 0.05) is 0 Å². The van der Waals surface area contributed by atoms with E-state index in [-0.39, 0.29) is 16.7 Å². The van der Waals surface area contributed by atoms with E-state index in [1.165, 1.54) is 0 Å². The van der Waals surface area contributed by atoms with E-state index in [2.05, 4.69) is 20.2 Å². The zero-order valence-electron chi connectivity index (χ0n) is 12.2. The molecule has 2 N–H and O–H groups in total. The molecule has 4 atom stereocenters. The summed E-state index contributed by atoms with van der Waals surface area (Å²) in [6, 6.07) is 0. The second-order valence-corrected chi connectivity index (χ2v) is 8.39. The molecule has 8 nitrogen and oxygen atoms in total. The van der Waals surface area contributed by atoms with E-state index in [0.717, 1.165) is 6.26 Å². The van der Waals surface area contributed by atoms with Gasteiger partial charge in [-0.1, -0.05) is 11.3 Å². The summed E-state index contributed by atoms with van der Waals surface area (Å²) in [6.45, 7) is 0. The zero-order valence-corrected chi connectivity index (χ0v) is 13.8. The fourth-order valence-electron chi connectivity index (χ4n) is 3.09. The number of carbonyl (C=O) groups excluding carboxylic acids is 1. The fourth-order valence-corrected chi connectivity index (χ4v) is 4.57. The Morgan fingerprint density at radius 2 is 1.88 bits per heavy atom. The van der Waals surface area contributed by atoms with Crippen molar-refractivity contribution in [3.8, 4) is 0 Å². The van der Waals surface area contributed by atoms with Crippen molar-refractivity contribution >= 4 is 37.5 Å². The monoisotopic (exact) mass is 386 g/mol. The van der Waals surface area contributed by atoms with Crippen LogP contribution in [-0.2, 0) is 19.6 Å². The van der Waals surface area contributed by atoms with Crippen molar-refractivity contribution in [3.63, 3.8) is 0 Å². The van der Waals surface area contributed by atoms with Crippen LogP contribution in [0.1, 0.15) is 12.8 Å². The topological polar surface area (TPSA) is 110 Å². The van der Waals surface area contributed by atoms with Crippen LogP contribution in [0.15, 0.2) is 0 Å². The van der Waals surface area contributed by atoms with Crippen LogP contribution in [0.4, 0.5) is 23.4 Å². The first-order valence-electron chi connectivity index (χ1n) is 6.89. The molecule has 1 aromatic rings. The first-order valence-corrected chi connectivity index (χ1v) is 9.60. The molecule has 3 rings (SSSR count). The van der Waals surface area contributed by atoms with Crippen molar-refractivity contribution in [1.29, 1.82) is 0 Å². The standard InChI is InChI=1S/C11H13F3N4O4S2/c1-24(20,21)18-10-17-16-9(23-10)15-8(19)6-4-2-3-5(22-4)7(6)11(12,13)14/h4-7H,2-3H2,1H3,(H,17,18)(H,15,16,19). The molecule has 1 aromatic heterocycles. The smallest absolute Gasteiger partial charge is 0.373 e. The molecule has 0 aliphatic carbocycles. The Labute approximate surface area is 138 Å². The Hall–Kier alpha value is -1.47. The average molecular weight is 386 g/mol. The lowest BCUT2D eigenvalue weighted by Crippen LogP contribution is -2.44. The number of rotatable bonds is 4. The molecule has 2 aliphatic rings. The van der Waals surface area contributed by atoms with E-state index >= 15 is 0 Å². The minimum atomic E-state index is -4.54. The third-order valence-electron chi connectivity index (χ3n) is 3.88. The number of amides is 1. The number of aromatic nitrogens is 2. The number of nitrogens with zero attached hydrogens (tertiary/aromatic N) is 2. The van der Waals surface area contributed by atoms with E-state index in [1.54, 1.807) is 0 Å². The largest absolute Gasteiger partial charge is 0.395 e. The highest BCUT2D eigenvalue weighted by atomic mass is 32.2. The molecule has 2 saturated heterocycles. The Morgan fingerprint density at radius 3 is 2.50 bits per heavy atom. The summed E-state index contributed by atoms with van der Waals surface area (Å²) in [5.74, 6) is -4.05. The summed E-state index contributed by atoms with van der Waals surface area (Å²) in [4.78, 5) is 12.3. The molecule has 24 heavy (non-hydrogen) atoms. The second-order valence-electron chi connectivity index (χ2n) is 5.66.